The molecule has 1 saturated heterocycles. The normalized spacial score (nSPS) is 15.1. The van der Waals surface area contributed by atoms with Gasteiger partial charge in [0.1, 0.15) is 5.75 Å². The summed E-state index contributed by atoms with van der Waals surface area (Å²) < 4.78 is 5.39. The van der Waals surface area contributed by atoms with Gasteiger partial charge in [-0.15, -0.1) is 0 Å². The molecule has 1 aliphatic rings. The number of likely N-dealkylation sites (tertiary alicyclic amines) is 1. The molecule has 0 radical (unpaired) electrons. The zero-order chi connectivity index (χ0) is 13.7. The summed E-state index contributed by atoms with van der Waals surface area (Å²) in [5.74, 6) is 1.11. The minimum Gasteiger partial charge on any atom is -0.496 e. The topological polar surface area (TPSA) is 41.6 Å². The van der Waals surface area contributed by atoms with Crippen molar-refractivity contribution in [2.45, 2.75) is 32.9 Å². The van der Waals surface area contributed by atoms with Crippen LogP contribution in [-0.4, -0.2) is 31.0 Å². The van der Waals surface area contributed by atoms with Gasteiger partial charge in [0, 0.05) is 31.6 Å². The molecule has 4 nitrogen and oxygen atoms in total. The Bertz CT molecular complexity index is 446. The first kappa shape index (κ1) is 13.9. The van der Waals surface area contributed by atoms with Crippen LogP contribution in [-0.2, 0) is 17.9 Å². The smallest absolute Gasteiger partial charge is 0.222 e. The molecule has 0 aromatic heterocycles. The van der Waals surface area contributed by atoms with Crippen LogP contribution in [0.5, 0.6) is 5.75 Å². The van der Waals surface area contributed by atoms with Gasteiger partial charge in [0.15, 0.2) is 0 Å². The van der Waals surface area contributed by atoms with E-state index < -0.39 is 0 Å². The van der Waals surface area contributed by atoms with Crippen molar-refractivity contribution in [3.8, 4) is 5.75 Å². The van der Waals surface area contributed by atoms with Crippen molar-refractivity contribution >= 4 is 5.91 Å². The van der Waals surface area contributed by atoms with E-state index in [0.29, 0.717) is 13.0 Å². The number of hydrogen-bond donors (Lipinski definition) is 1. The summed E-state index contributed by atoms with van der Waals surface area (Å²) in [6.07, 6.45) is 1.65. The molecule has 0 aliphatic carbocycles. The van der Waals surface area contributed by atoms with E-state index in [1.54, 1.807) is 7.11 Å². The standard InChI is InChI=1S/C15H22N2O2/c1-3-16-10-12-6-7-14(19-2)13(9-12)11-17-8-4-5-15(17)18/h6-7,9,16H,3-5,8,10-11H2,1-2H3. The van der Waals surface area contributed by atoms with Crippen LogP contribution in [0.2, 0.25) is 0 Å². The molecule has 0 unspecified atom stereocenters. The highest BCUT2D eigenvalue weighted by molar-refractivity contribution is 5.78. The molecule has 1 N–H and O–H groups in total. The second kappa shape index (κ2) is 6.57. The van der Waals surface area contributed by atoms with Gasteiger partial charge in [-0.3, -0.25) is 4.79 Å². The lowest BCUT2D eigenvalue weighted by Crippen LogP contribution is -2.24. The largest absolute Gasteiger partial charge is 0.496 e. The van der Waals surface area contributed by atoms with E-state index in [9.17, 15) is 4.79 Å². The number of ether oxygens (including phenoxy) is 1. The van der Waals surface area contributed by atoms with Crippen LogP contribution in [0.15, 0.2) is 18.2 Å². The molecule has 1 aromatic carbocycles. The van der Waals surface area contributed by atoms with Crippen molar-refractivity contribution in [2.24, 2.45) is 0 Å². The van der Waals surface area contributed by atoms with Crippen molar-refractivity contribution in [1.29, 1.82) is 0 Å². The Morgan fingerprint density at radius 1 is 1.42 bits per heavy atom. The third kappa shape index (κ3) is 3.47. The molecule has 1 amide bonds. The molecule has 1 heterocycles. The summed E-state index contributed by atoms with van der Waals surface area (Å²) in [6.45, 7) is 5.40. The van der Waals surface area contributed by atoms with Crippen LogP contribution in [0.1, 0.15) is 30.9 Å². The monoisotopic (exact) mass is 262 g/mol. The second-order valence-corrected chi connectivity index (χ2v) is 4.85. The SMILES string of the molecule is CCNCc1ccc(OC)c(CN2CCCC2=O)c1. The van der Waals surface area contributed by atoms with Gasteiger partial charge in [0.25, 0.3) is 0 Å². The number of rotatable bonds is 6. The zero-order valence-electron chi connectivity index (χ0n) is 11.7. The molecule has 1 aromatic rings. The fourth-order valence-corrected chi connectivity index (χ4v) is 2.41. The number of nitrogens with zero attached hydrogens (tertiary/aromatic N) is 1. The van der Waals surface area contributed by atoms with Gasteiger partial charge in [-0.25, -0.2) is 0 Å². The molecule has 1 aliphatic heterocycles. The molecule has 0 bridgehead atoms. The molecule has 19 heavy (non-hydrogen) atoms. The summed E-state index contributed by atoms with van der Waals surface area (Å²) in [6, 6.07) is 6.19. The fraction of sp³-hybridized carbons (Fsp3) is 0.533. The van der Waals surface area contributed by atoms with E-state index >= 15 is 0 Å². The van der Waals surface area contributed by atoms with E-state index in [1.165, 1.54) is 5.56 Å². The Kier molecular flexibility index (Phi) is 4.80. The predicted molar refractivity (Wildman–Crippen MR) is 75.0 cm³/mol. The Morgan fingerprint density at radius 2 is 2.26 bits per heavy atom. The summed E-state index contributed by atoms with van der Waals surface area (Å²) in [5, 5.41) is 3.31. The maximum Gasteiger partial charge on any atom is 0.222 e. The Labute approximate surface area is 114 Å². The fourth-order valence-electron chi connectivity index (χ4n) is 2.41. The van der Waals surface area contributed by atoms with E-state index in [2.05, 4.69) is 24.4 Å². The van der Waals surface area contributed by atoms with E-state index in [4.69, 9.17) is 4.74 Å². The van der Waals surface area contributed by atoms with Crippen LogP contribution in [0, 0.1) is 0 Å². The molecular formula is C15H22N2O2. The average molecular weight is 262 g/mol. The van der Waals surface area contributed by atoms with Crippen molar-refractivity contribution < 1.29 is 9.53 Å². The number of hydrogen-bond acceptors (Lipinski definition) is 3. The van der Waals surface area contributed by atoms with Crippen LogP contribution >= 0.6 is 0 Å². The Hall–Kier alpha value is -1.55. The van der Waals surface area contributed by atoms with E-state index in [0.717, 1.165) is 37.4 Å². The summed E-state index contributed by atoms with van der Waals surface area (Å²) in [7, 11) is 1.68. The van der Waals surface area contributed by atoms with E-state index in [1.807, 2.05) is 11.0 Å². The molecule has 1 fully saturated rings. The third-order valence-electron chi connectivity index (χ3n) is 3.46. The summed E-state index contributed by atoms with van der Waals surface area (Å²) >= 11 is 0. The van der Waals surface area contributed by atoms with Crippen molar-refractivity contribution in [3.05, 3.63) is 29.3 Å². The van der Waals surface area contributed by atoms with Gasteiger partial charge in [-0.05, 0) is 30.7 Å². The average Bonchev–Trinajstić information content (AvgIpc) is 2.82. The summed E-state index contributed by atoms with van der Waals surface area (Å²) in [5.41, 5.74) is 2.32. The van der Waals surface area contributed by atoms with Crippen molar-refractivity contribution in [1.82, 2.24) is 10.2 Å². The molecule has 0 saturated carbocycles. The quantitative estimate of drug-likeness (QED) is 0.851. The number of nitrogens with one attached hydrogen (secondary N) is 1. The molecular weight excluding hydrogens is 240 g/mol. The lowest BCUT2D eigenvalue weighted by Gasteiger charge is -2.18. The third-order valence-corrected chi connectivity index (χ3v) is 3.46. The van der Waals surface area contributed by atoms with Crippen LogP contribution in [0.3, 0.4) is 0 Å². The predicted octanol–water partition coefficient (Wildman–Crippen LogP) is 1.93. The highest BCUT2D eigenvalue weighted by Crippen LogP contribution is 2.23. The number of methoxy groups -OCH3 is 1. The molecule has 0 atom stereocenters. The first-order chi connectivity index (χ1) is 9.24. The number of carbonyl (C=O) groups is 1. The van der Waals surface area contributed by atoms with Crippen LogP contribution in [0.4, 0.5) is 0 Å². The van der Waals surface area contributed by atoms with E-state index in [-0.39, 0.29) is 5.91 Å². The van der Waals surface area contributed by atoms with Crippen molar-refractivity contribution in [3.63, 3.8) is 0 Å². The van der Waals surface area contributed by atoms with Gasteiger partial charge in [-0.1, -0.05) is 13.0 Å². The van der Waals surface area contributed by atoms with Crippen molar-refractivity contribution in [2.75, 3.05) is 20.2 Å². The minimum atomic E-state index is 0.249. The van der Waals surface area contributed by atoms with Gasteiger partial charge in [-0.2, -0.15) is 0 Å². The van der Waals surface area contributed by atoms with Gasteiger partial charge in [0.05, 0.1) is 7.11 Å². The minimum absolute atomic E-state index is 0.249. The lowest BCUT2D eigenvalue weighted by molar-refractivity contribution is -0.128. The second-order valence-electron chi connectivity index (χ2n) is 4.85. The lowest BCUT2D eigenvalue weighted by atomic mass is 10.1. The zero-order valence-corrected chi connectivity index (χ0v) is 11.7. The number of benzene rings is 1. The van der Waals surface area contributed by atoms with Gasteiger partial charge >= 0.3 is 0 Å². The number of carbonyl (C=O) groups excluding carboxylic acids is 1. The van der Waals surface area contributed by atoms with Gasteiger partial charge in [0.2, 0.25) is 5.91 Å². The first-order valence-corrected chi connectivity index (χ1v) is 6.89. The highest BCUT2D eigenvalue weighted by atomic mass is 16.5. The summed E-state index contributed by atoms with van der Waals surface area (Å²) in [4.78, 5) is 13.6. The Morgan fingerprint density at radius 3 is 2.89 bits per heavy atom. The maximum atomic E-state index is 11.7. The maximum absolute atomic E-state index is 11.7. The highest BCUT2D eigenvalue weighted by Gasteiger charge is 2.21. The Balaban J connectivity index is 2.13. The van der Waals surface area contributed by atoms with Crippen LogP contribution < -0.4 is 10.1 Å². The number of amides is 1. The van der Waals surface area contributed by atoms with Crippen LogP contribution in [0.25, 0.3) is 0 Å². The first-order valence-electron chi connectivity index (χ1n) is 6.89. The molecule has 2 rings (SSSR count). The molecule has 104 valence electrons. The van der Waals surface area contributed by atoms with Gasteiger partial charge < -0.3 is 15.0 Å². The molecule has 4 heteroatoms. The molecule has 0 spiro atoms.